The smallest absolute Gasteiger partial charge is 0.133 e. The normalized spacial score (nSPS) is 10.3. The summed E-state index contributed by atoms with van der Waals surface area (Å²) < 4.78 is 5.27. The quantitative estimate of drug-likeness (QED) is 0.888. The van der Waals surface area contributed by atoms with Gasteiger partial charge in [0.15, 0.2) is 0 Å². The van der Waals surface area contributed by atoms with Crippen LogP contribution in [-0.4, -0.2) is 25.2 Å². The van der Waals surface area contributed by atoms with Gasteiger partial charge in [-0.15, -0.1) is 0 Å². The van der Waals surface area contributed by atoms with Crippen molar-refractivity contribution in [1.82, 2.24) is 4.98 Å². The highest BCUT2D eigenvalue weighted by Crippen LogP contribution is 2.27. The highest BCUT2D eigenvalue weighted by Gasteiger charge is 2.11. The first-order chi connectivity index (χ1) is 9.74. The summed E-state index contributed by atoms with van der Waals surface area (Å²) in [5.74, 6) is 1.66. The van der Waals surface area contributed by atoms with Crippen LogP contribution in [0.25, 0.3) is 0 Å². The average molecular weight is 292 g/mol. The number of hydrogen-bond donors (Lipinski definition) is 1. The fourth-order valence-corrected chi connectivity index (χ4v) is 2.04. The number of benzene rings is 1. The summed E-state index contributed by atoms with van der Waals surface area (Å²) in [6, 6.07) is 11.6. The van der Waals surface area contributed by atoms with Crippen LogP contribution in [0, 0.1) is 0 Å². The van der Waals surface area contributed by atoms with E-state index in [9.17, 15) is 0 Å². The second-order valence-electron chi connectivity index (χ2n) is 4.33. The zero-order chi connectivity index (χ0) is 14.4. The molecular weight excluding hydrogens is 274 g/mol. The average Bonchev–Trinajstić information content (AvgIpc) is 2.49. The molecule has 1 heterocycles. The molecule has 0 saturated heterocycles. The molecule has 0 aliphatic carbocycles. The Morgan fingerprint density at radius 2 is 2.15 bits per heavy atom. The van der Waals surface area contributed by atoms with Crippen LogP contribution in [0.15, 0.2) is 42.6 Å². The Labute approximate surface area is 124 Å². The van der Waals surface area contributed by atoms with Crippen LogP contribution in [0.3, 0.4) is 0 Å². The maximum atomic E-state index is 5.89. The number of rotatable bonds is 6. The van der Waals surface area contributed by atoms with Crippen LogP contribution < -0.4 is 15.4 Å². The number of anilines is 2. The molecule has 0 atom stereocenters. The SMILES string of the molecule is COc1cccc(N(CCCN)c2ccc(Cl)cn2)c1. The van der Waals surface area contributed by atoms with Crippen molar-refractivity contribution in [2.24, 2.45) is 5.73 Å². The molecule has 0 amide bonds. The van der Waals surface area contributed by atoms with Crippen LogP contribution in [0.2, 0.25) is 5.02 Å². The molecule has 0 spiro atoms. The van der Waals surface area contributed by atoms with E-state index in [1.54, 1.807) is 13.3 Å². The minimum Gasteiger partial charge on any atom is -0.497 e. The van der Waals surface area contributed by atoms with Crippen LogP contribution >= 0.6 is 11.6 Å². The Kier molecular flexibility index (Phi) is 5.21. The number of halogens is 1. The van der Waals surface area contributed by atoms with E-state index < -0.39 is 0 Å². The van der Waals surface area contributed by atoms with Gasteiger partial charge in [0.2, 0.25) is 0 Å². The van der Waals surface area contributed by atoms with Crippen LogP contribution in [0.1, 0.15) is 6.42 Å². The summed E-state index contributed by atoms with van der Waals surface area (Å²) in [5.41, 5.74) is 6.64. The van der Waals surface area contributed by atoms with Crippen molar-refractivity contribution in [1.29, 1.82) is 0 Å². The highest BCUT2D eigenvalue weighted by atomic mass is 35.5. The van der Waals surface area contributed by atoms with Crippen molar-refractivity contribution in [2.45, 2.75) is 6.42 Å². The minimum absolute atomic E-state index is 0.623. The number of pyridine rings is 1. The van der Waals surface area contributed by atoms with Gasteiger partial charge in [-0.3, -0.25) is 0 Å². The molecule has 0 unspecified atom stereocenters. The second kappa shape index (κ2) is 7.12. The number of nitrogens with zero attached hydrogens (tertiary/aromatic N) is 2. The first-order valence-electron chi connectivity index (χ1n) is 6.48. The van der Waals surface area contributed by atoms with Gasteiger partial charge in [0.25, 0.3) is 0 Å². The summed E-state index contributed by atoms with van der Waals surface area (Å²) in [6.07, 6.45) is 2.52. The molecular formula is C15H18ClN3O. The zero-order valence-corrected chi connectivity index (χ0v) is 12.2. The van der Waals surface area contributed by atoms with Crippen molar-refractivity contribution in [2.75, 3.05) is 25.1 Å². The maximum Gasteiger partial charge on any atom is 0.133 e. The Morgan fingerprint density at radius 3 is 2.80 bits per heavy atom. The molecule has 106 valence electrons. The van der Waals surface area contributed by atoms with Gasteiger partial charge in [-0.05, 0) is 37.2 Å². The van der Waals surface area contributed by atoms with E-state index in [-0.39, 0.29) is 0 Å². The van der Waals surface area contributed by atoms with E-state index in [4.69, 9.17) is 22.1 Å². The van der Waals surface area contributed by atoms with Gasteiger partial charge < -0.3 is 15.4 Å². The molecule has 0 bridgehead atoms. The zero-order valence-electron chi connectivity index (χ0n) is 11.4. The molecule has 20 heavy (non-hydrogen) atoms. The first-order valence-corrected chi connectivity index (χ1v) is 6.85. The van der Waals surface area contributed by atoms with Crippen molar-refractivity contribution in [3.63, 3.8) is 0 Å². The van der Waals surface area contributed by atoms with Crippen LogP contribution in [0.5, 0.6) is 5.75 Å². The Balaban J connectivity index is 2.32. The number of methoxy groups -OCH3 is 1. The van der Waals surface area contributed by atoms with Gasteiger partial charge in [-0.1, -0.05) is 17.7 Å². The van der Waals surface area contributed by atoms with Gasteiger partial charge in [0.1, 0.15) is 11.6 Å². The van der Waals surface area contributed by atoms with E-state index in [2.05, 4.69) is 9.88 Å². The topological polar surface area (TPSA) is 51.4 Å². The standard InChI is InChI=1S/C15H18ClN3O/c1-20-14-5-2-4-13(10-14)19(9-3-8-17)15-7-6-12(16)11-18-15/h2,4-7,10-11H,3,8-9,17H2,1H3. The molecule has 0 aliphatic heterocycles. The van der Waals surface area contributed by atoms with E-state index in [1.807, 2.05) is 36.4 Å². The van der Waals surface area contributed by atoms with Gasteiger partial charge in [-0.2, -0.15) is 0 Å². The third kappa shape index (κ3) is 3.62. The molecule has 0 aliphatic rings. The molecule has 0 saturated carbocycles. The lowest BCUT2D eigenvalue weighted by Gasteiger charge is -2.24. The predicted octanol–water partition coefficient (Wildman–Crippen LogP) is 3.23. The minimum atomic E-state index is 0.623. The van der Waals surface area contributed by atoms with Crippen molar-refractivity contribution in [3.8, 4) is 5.75 Å². The maximum absolute atomic E-state index is 5.89. The Hall–Kier alpha value is -1.78. The summed E-state index contributed by atoms with van der Waals surface area (Å²) >= 11 is 5.89. The molecule has 2 aromatic rings. The molecule has 0 fully saturated rings. The number of ether oxygens (including phenoxy) is 1. The summed E-state index contributed by atoms with van der Waals surface area (Å²) in [7, 11) is 1.66. The van der Waals surface area contributed by atoms with Gasteiger partial charge in [0.05, 0.1) is 12.1 Å². The van der Waals surface area contributed by atoms with Gasteiger partial charge in [-0.25, -0.2) is 4.98 Å². The first kappa shape index (κ1) is 14.6. The Bertz CT molecular complexity index is 545. The monoisotopic (exact) mass is 291 g/mol. The summed E-state index contributed by atoms with van der Waals surface area (Å²) in [6.45, 7) is 1.42. The fourth-order valence-electron chi connectivity index (χ4n) is 1.93. The molecule has 0 radical (unpaired) electrons. The molecule has 5 heteroatoms. The van der Waals surface area contributed by atoms with E-state index in [1.165, 1.54) is 0 Å². The van der Waals surface area contributed by atoms with Crippen molar-refractivity contribution in [3.05, 3.63) is 47.6 Å². The largest absolute Gasteiger partial charge is 0.497 e. The lowest BCUT2D eigenvalue weighted by Crippen LogP contribution is -2.21. The summed E-state index contributed by atoms with van der Waals surface area (Å²) in [5, 5.41) is 0.623. The second-order valence-corrected chi connectivity index (χ2v) is 4.77. The molecule has 4 nitrogen and oxygen atoms in total. The Morgan fingerprint density at radius 1 is 1.30 bits per heavy atom. The number of hydrogen-bond acceptors (Lipinski definition) is 4. The lowest BCUT2D eigenvalue weighted by atomic mass is 10.2. The fraction of sp³-hybridized carbons (Fsp3) is 0.267. The van der Waals surface area contributed by atoms with E-state index >= 15 is 0 Å². The van der Waals surface area contributed by atoms with E-state index in [0.717, 1.165) is 30.2 Å². The predicted molar refractivity (Wildman–Crippen MR) is 82.9 cm³/mol. The van der Waals surface area contributed by atoms with Crippen LogP contribution in [0.4, 0.5) is 11.5 Å². The summed E-state index contributed by atoms with van der Waals surface area (Å²) in [4.78, 5) is 6.48. The number of aromatic nitrogens is 1. The van der Waals surface area contributed by atoms with Gasteiger partial charge >= 0.3 is 0 Å². The van der Waals surface area contributed by atoms with Crippen molar-refractivity contribution >= 4 is 23.1 Å². The third-order valence-corrected chi connectivity index (χ3v) is 3.16. The molecule has 2 N–H and O–H groups in total. The third-order valence-electron chi connectivity index (χ3n) is 2.94. The van der Waals surface area contributed by atoms with E-state index in [0.29, 0.717) is 11.6 Å². The molecule has 1 aromatic carbocycles. The van der Waals surface area contributed by atoms with Gasteiger partial charge in [0, 0.05) is 24.5 Å². The highest BCUT2D eigenvalue weighted by molar-refractivity contribution is 6.30. The molecule has 1 aromatic heterocycles. The molecule has 2 rings (SSSR count). The van der Waals surface area contributed by atoms with Crippen LogP contribution in [-0.2, 0) is 0 Å². The van der Waals surface area contributed by atoms with Crippen molar-refractivity contribution < 1.29 is 4.74 Å². The number of nitrogens with two attached hydrogens (primary N) is 1. The lowest BCUT2D eigenvalue weighted by molar-refractivity contribution is 0.415.